The van der Waals surface area contributed by atoms with Gasteiger partial charge in [-0.2, -0.15) is 0 Å². The van der Waals surface area contributed by atoms with Crippen molar-refractivity contribution in [3.8, 4) is 0 Å². The molecule has 0 spiro atoms. The Morgan fingerprint density at radius 3 is 2.53 bits per heavy atom. The molecular formula is C13H18N2O4. The zero-order valence-electron chi connectivity index (χ0n) is 10.9. The summed E-state index contributed by atoms with van der Waals surface area (Å²) in [4.78, 5) is 21.9. The number of amides is 2. The highest BCUT2D eigenvalue weighted by molar-refractivity contribution is 5.77. The van der Waals surface area contributed by atoms with Crippen LogP contribution in [0.4, 0.5) is 4.79 Å². The van der Waals surface area contributed by atoms with E-state index in [0.29, 0.717) is 0 Å². The lowest BCUT2D eigenvalue weighted by atomic mass is 10.0. The smallest absolute Gasteiger partial charge is 0.334 e. The van der Waals surface area contributed by atoms with E-state index in [9.17, 15) is 9.59 Å². The third kappa shape index (κ3) is 4.59. The fraction of sp³-hybridized carbons (Fsp3) is 0.385. The first kappa shape index (κ1) is 15.0. The second-order valence-corrected chi connectivity index (χ2v) is 4.29. The molecule has 1 aromatic carbocycles. The fourth-order valence-electron chi connectivity index (χ4n) is 1.67. The lowest BCUT2D eigenvalue weighted by Crippen LogP contribution is -2.42. The molecule has 104 valence electrons. The molecule has 6 nitrogen and oxygen atoms in total. The SMILES string of the molecule is Cc1ccccc1C(C)NC(=O)NC[C@H](O)C(=O)O. The molecular weight excluding hydrogens is 248 g/mol. The van der Waals surface area contributed by atoms with Gasteiger partial charge in [-0.1, -0.05) is 24.3 Å². The second-order valence-electron chi connectivity index (χ2n) is 4.29. The molecule has 6 heteroatoms. The summed E-state index contributed by atoms with van der Waals surface area (Å²) in [7, 11) is 0. The monoisotopic (exact) mass is 266 g/mol. The van der Waals surface area contributed by atoms with Gasteiger partial charge in [0.2, 0.25) is 0 Å². The molecule has 0 saturated heterocycles. The highest BCUT2D eigenvalue weighted by atomic mass is 16.4. The van der Waals surface area contributed by atoms with Crippen LogP contribution >= 0.6 is 0 Å². The van der Waals surface area contributed by atoms with Gasteiger partial charge in [0, 0.05) is 0 Å². The van der Waals surface area contributed by atoms with Crippen LogP contribution in [-0.2, 0) is 4.79 Å². The van der Waals surface area contributed by atoms with Gasteiger partial charge in [0.15, 0.2) is 6.10 Å². The number of hydrogen-bond donors (Lipinski definition) is 4. The summed E-state index contributed by atoms with van der Waals surface area (Å²) in [6.07, 6.45) is -1.60. The Kier molecular flexibility index (Phi) is 5.32. The molecule has 1 unspecified atom stereocenters. The standard InChI is InChI=1S/C13H18N2O4/c1-8-5-3-4-6-10(8)9(2)15-13(19)14-7-11(16)12(17)18/h3-6,9,11,16H,7H2,1-2H3,(H,17,18)(H2,14,15,19)/t9?,11-/m0/s1. The molecule has 0 aliphatic heterocycles. The zero-order valence-corrected chi connectivity index (χ0v) is 10.9. The quantitative estimate of drug-likeness (QED) is 0.633. The predicted molar refractivity (Wildman–Crippen MR) is 69.8 cm³/mol. The van der Waals surface area contributed by atoms with Gasteiger partial charge in [-0.05, 0) is 25.0 Å². The van der Waals surface area contributed by atoms with E-state index in [-0.39, 0.29) is 12.6 Å². The van der Waals surface area contributed by atoms with E-state index < -0.39 is 18.1 Å². The molecule has 2 amide bonds. The number of carbonyl (C=O) groups is 2. The number of aliphatic hydroxyl groups excluding tert-OH is 1. The van der Waals surface area contributed by atoms with Crippen molar-refractivity contribution in [1.29, 1.82) is 0 Å². The molecule has 19 heavy (non-hydrogen) atoms. The van der Waals surface area contributed by atoms with Crippen molar-refractivity contribution in [3.63, 3.8) is 0 Å². The molecule has 0 aliphatic carbocycles. The summed E-state index contributed by atoms with van der Waals surface area (Å²) in [5.74, 6) is -1.37. The number of aryl methyl sites for hydroxylation is 1. The Balaban J connectivity index is 2.49. The van der Waals surface area contributed by atoms with Crippen molar-refractivity contribution in [3.05, 3.63) is 35.4 Å². The fourth-order valence-corrected chi connectivity index (χ4v) is 1.67. The molecule has 1 rings (SSSR count). The molecule has 0 heterocycles. The number of nitrogens with one attached hydrogen (secondary N) is 2. The van der Waals surface area contributed by atoms with Gasteiger partial charge in [-0.3, -0.25) is 0 Å². The zero-order chi connectivity index (χ0) is 14.4. The summed E-state index contributed by atoms with van der Waals surface area (Å²) in [5.41, 5.74) is 2.04. The Morgan fingerprint density at radius 1 is 1.32 bits per heavy atom. The first-order valence-electron chi connectivity index (χ1n) is 5.92. The van der Waals surface area contributed by atoms with Crippen LogP contribution in [0.1, 0.15) is 24.1 Å². The Morgan fingerprint density at radius 2 is 1.95 bits per heavy atom. The summed E-state index contributed by atoms with van der Waals surface area (Å²) >= 11 is 0. The first-order valence-corrected chi connectivity index (χ1v) is 5.92. The highest BCUT2D eigenvalue weighted by Crippen LogP contribution is 2.16. The molecule has 0 aromatic heterocycles. The molecule has 1 aromatic rings. The Bertz CT molecular complexity index is 462. The van der Waals surface area contributed by atoms with E-state index in [1.165, 1.54) is 0 Å². The number of rotatable bonds is 5. The van der Waals surface area contributed by atoms with Gasteiger partial charge in [0.1, 0.15) is 0 Å². The minimum absolute atomic E-state index is 0.205. The van der Waals surface area contributed by atoms with Crippen LogP contribution in [-0.4, -0.2) is 34.9 Å². The summed E-state index contributed by atoms with van der Waals surface area (Å²) in [6, 6.07) is 6.92. The summed E-state index contributed by atoms with van der Waals surface area (Å²) in [6.45, 7) is 3.44. The maximum atomic E-state index is 11.5. The number of carboxylic acids is 1. The number of benzene rings is 1. The van der Waals surface area contributed by atoms with Gasteiger partial charge >= 0.3 is 12.0 Å². The van der Waals surface area contributed by atoms with Crippen LogP contribution < -0.4 is 10.6 Å². The van der Waals surface area contributed by atoms with Crippen molar-refractivity contribution in [2.45, 2.75) is 26.0 Å². The van der Waals surface area contributed by atoms with Gasteiger partial charge < -0.3 is 20.8 Å². The molecule has 0 saturated carbocycles. The highest BCUT2D eigenvalue weighted by Gasteiger charge is 2.15. The molecule has 4 N–H and O–H groups in total. The maximum Gasteiger partial charge on any atom is 0.334 e. The molecule has 0 aliphatic rings. The van der Waals surface area contributed by atoms with Crippen LogP contribution in [0.2, 0.25) is 0 Å². The van der Waals surface area contributed by atoms with E-state index in [1.807, 2.05) is 38.1 Å². The molecule has 0 bridgehead atoms. The topological polar surface area (TPSA) is 98.7 Å². The van der Waals surface area contributed by atoms with Gasteiger partial charge in [-0.15, -0.1) is 0 Å². The van der Waals surface area contributed by atoms with Crippen molar-refractivity contribution in [2.75, 3.05) is 6.54 Å². The lowest BCUT2D eigenvalue weighted by molar-refractivity contribution is -0.146. The van der Waals surface area contributed by atoms with Crippen LogP contribution in [0, 0.1) is 6.92 Å². The van der Waals surface area contributed by atoms with Gasteiger partial charge in [0.25, 0.3) is 0 Å². The van der Waals surface area contributed by atoms with Crippen molar-refractivity contribution in [1.82, 2.24) is 10.6 Å². The van der Waals surface area contributed by atoms with Crippen molar-refractivity contribution in [2.24, 2.45) is 0 Å². The first-order chi connectivity index (χ1) is 8.91. The van der Waals surface area contributed by atoms with E-state index >= 15 is 0 Å². The van der Waals surface area contributed by atoms with E-state index in [2.05, 4.69) is 10.6 Å². The Labute approximate surface area is 111 Å². The number of hydrogen-bond acceptors (Lipinski definition) is 3. The number of aliphatic carboxylic acids is 1. The largest absolute Gasteiger partial charge is 0.479 e. The van der Waals surface area contributed by atoms with Crippen LogP contribution in [0.5, 0.6) is 0 Å². The van der Waals surface area contributed by atoms with Crippen molar-refractivity contribution < 1.29 is 19.8 Å². The van der Waals surface area contributed by atoms with Gasteiger partial charge in [-0.25, -0.2) is 9.59 Å². The number of aliphatic hydroxyl groups is 1. The van der Waals surface area contributed by atoms with Gasteiger partial charge in [0.05, 0.1) is 12.6 Å². The predicted octanol–water partition coefficient (Wildman–Crippen LogP) is 0.801. The molecule has 0 radical (unpaired) electrons. The van der Waals surface area contributed by atoms with Crippen LogP contribution in [0.25, 0.3) is 0 Å². The average Bonchev–Trinajstić information content (AvgIpc) is 2.36. The van der Waals surface area contributed by atoms with Crippen LogP contribution in [0.15, 0.2) is 24.3 Å². The summed E-state index contributed by atoms with van der Waals surface area (Å²) < 4.78 is 0. The maximum absolute atomic E-state index is 11.5. The van der Waals surface area contributed by atoms with E-state index in [0.717, 1.165) is 11.1 Å². The number of carboxylic acid groups (broad SMARTS) is 1. The van der Waals surface area contributed by atoms with E-state index in [1.54, 1.807) is 0 Å². The molecule has 2 atom stereocenters. The summed E-state index contributed by atoms with van der Waals surface area (Å²) in [5, 5.41) is 22.5. The lowest BCUT2D eigenvalue weighted by Gasteiger charge is -2.17. The second kappa shape index (κ2) is 6.75. The minimum Gasteiger partial charge on any atom is -0.479 e. The third-order valence-electron chi connectivity index (χ3n) is 2.74. The van der Waals surface area contributed by atoms with E-state index in [4.69, 9.17) is 10.2 Å². The number of carbonyl (C=O) groups excluding carboxylic acids is 1. The third-order valence-corrected chi connectivity index (χ3v) is 2.74. The minimum atomic E-state index is -1.60. The van der Waals surface area contributed by atoms with Crippen molar-refractivity contribution >= 4 is 12.0 Å². The normalized spacial score (nSPS) is 13.4. The average molecular weight is 266 g/mol. The van der Waals surface area contributed by atoms with Crippen LogP contribution in [0.3, 0.4) is 0 Å². The molecule has 0 fully saturated rings. The Hall–Kier alpha value is -2.08. The number of urea groups is 1.